The molecule has 0 spiro atoms. The Hall–Kier alpha value is -0.970. The van der Waals surface area contributed by atoms with E-state index in [0.717, 1.165) is 38.2 Å². The van der Waals surface area contributed by atoms with Gasteiger partial charge in [0.1, 0.15) is 5.82 Å². The Balaban J connectivity index is 1.90. The predicted octanol–water partition coefficient (Wildman–Crippen LogP) is 1.68. The molecule has 3 nitrogen and oxygen atoms in total. The number of nitrogens with zero attached hydrogens (tertiary/aromatic N) is 1. The summed E-state index contributed by atoms with van der Waals surface area (Å²) in [5.41, 5.74) is 1.06. The summed E-state index contributed by atoms with van der Waals surface area (Å²) in [6, 6.07) is 7.30. The molecule has 1 saturated heterocycles. The average Bonchev–Trinajstić information content (AvgIpc) is 2.39. The van der Waals surface area contributed by atoms with Crippen LogP contribution in [0.5, 0.6) is 0 Å². The van der Waals surface area contributed by atoms with Crippen molar-refractivity contribution in [2.24, 2.45) is 0 Å². The highest BCUT2D eigenvalue weighted by Crippen LogP contribution is 2.14. The highest BCUT2D eigenvalue weighted by atomic mass is 19.1. The Morgan fingerprint density at radius 3 is 3.11 bits per heavy atom. The Bertz CT molecular complexity index is 397. The number of ether oxygens (including phenoxy) is 1. The highest BCUT2D eigenvalue weighted by Gasteiger charge is 2.23. The van der Waals surface area contributed by atoms with Crippen LogP contribution in [0.25, 0.3) is 0 Å². The molecule has 2 rings (SSSR count). The molecule has 0 radical (unpaired) electrons. The van der Waals surface area contributed by atoms with Crippen LogP contribution < -0.4 is 5.32 Å². The third kappa shape index (κ3) is 4.27. The van der Waals surface area contributed by atoms with E-state index >= 15 is 0 Å². The summed E-state index contributed by atoms with van der Waals surface area (Å²) in [6.45, 7) is 5.75. The summed E-state index contributed by atoms with van der Waals surface area (Å²) >= 11 is 0. The first-order valence-electron chi connectivity index (χ1n) is 6.93. The number of nitrogens with one attached hydrogen (secondary N) is 1. The molecule has 4 heteroatoms. The molecule has 1 heterocycles. The van der Waals surface area contributed by atoms with Gasteiger partial charge in [-0.3, -0.25) is 4.90 Å². The first-order valence-corrected chi connectivity index (χ1v) is 6.93. The minimum atomic E-state index is -0.153. The fourth-order valence-electron chi connectivity index (χ4n) is 2.63. The maximum absolute atomic E-state index is 13.2. The molecule has 0 aliphatic carbocycles. The van der Waals surface area contributed by atoms with Gasteiger partial charge in [0.2, 0.25) is 0 Å². The summed E-state index contributed by atoms with van der Waals surface area (Å²) in [4.78, 5) is 2.43. The molecule has 2 unspecified atom stereocenters. The molecule has 2 atom stereocenters. The van der Waals surface area contributed by atoms with Gasteiger partial charge in [-0.15, -0.1) is 0 Å². The fraction of sp³-hybridized carbons (Fsp3) is 0.600. The van der Waals surface area contributed by atoms with Crippen molar-refractivity contribution in [3.63, 3.8) is 0 Å². The van der Waals surface area contributed by atoms with Crippen molar-refractivity contribution in [3.8, 4) is 0 Å². The standard InChI is InChI=1S/C15H23FN2O/c1-12(8-13-4-3-5-14(16)9-13)18-6-7-19-15(11-18)10-17-2/h3-5,9,12,15,17H,6-8,10-11H2,1-2H3. The van der Waals surface area contributed by atoms with Gasteiger partial charge in [-0.1, -0.05) is 12.1 Å². The van der Waals surface area contributed by atoms with Crippen LogP contribution in [-0.4, -0.2) is 50.3 Å². The highest BCUT2D eigenvalue weighted by molar-refractivity contribution is 5.17. The smallest absolute Gasteiger partial charge is 0.123 e. The quantitative estimate of drug-likeness (QED) is 0.877. The van der Waals surface area contributed by atoms with Crippen molar-refractivity contribution in [2.45, 2.75) is 25.5 Å². The van der Waals surface area contributed by atoms with Crippen LogP contribution in [0.4, 0.5) is 4.39 Å². The second kappa shape index (κ2) is 6.98. The van der Waals surface area contributed by atoms with Crippen LogP contribution in [0.2, 0.25) is 0 Å². The van der Waals surface area contributed by atoms with Gasteiger partial charge in [0.05, 0.1) is 12.7 Å². The van der Waals surface area contributed by atoms with Gasteiger partial charge in [0.25, 0.3) is 0 Å². The van der Waals surface area contributed by atoms with Gasteiger partial charge in [0.15, 0.2) is 0 Å². The Labute approximate surface area is 114 Å². The largest absolute Gasteiger partial charge is 0.374 e. The number of halogens is 1. The van der Waals surface area contributed by atoms with Gasteiger partial charge < -0.3 is 10.1 Å². The van der Waals surface area contributed by atoms with Crippen LogP contribution in [0.15, 0.2) is 24.3 Å². The van der Waals surface area contributed by atoms with Crippen LogP contribution in [0, 0.1) is 5.82 Å². The van der Waals surface area contributed by atoms with Crippen molar-refractivity contribution in [3.05, 3.63) is 35.6 Å². The molecule has 19 heavy (non-hydrogen) atoms. The van der Waals surface area contributed by atoms with E-state index in [4.69, 9.17) is 4.74 Å². The van der Waals surface area contributed by atoms with E-state index in [0.29, 0.717) is 6.04 Å². The van der Waals surface area contributed by atoms with E-state index < -0.39 is 0 Å². The van der Waals surface area contributed by atoms with E-state index in [-0.39, 0.29) is 11.9 Å². The van der Waals surface area contributed by atoms with Crippen molar-refractivity contribution >= 4 is 0 Å². The van der Waals surface area contributed by atoms with Crippen LogP contribution >= 0.6 is 0 Å². The van der Waals surface area contributed by atoms with Gasteiger partial charge in [-0.2, -0.15) is 0 Å². The Morgan fingerprint density at radius 2 is 2.37 bits per heavy atom. The molecule has 1 N–H and O–H groups in total. The molecule has 0 amide bonds. The van der Waals surface area contributed by atoms with Crippen LogP contribution in [-0.2, 0) is 11.2 Å². The lowest BCUT2D eigenvalue weighted by molar-refractivity contribution is -0.0386. The normalized spacial score (nSPS) is 22.4. The summed E-state index contributed by atoms with van der Waals surface area (Å²) in [5, 5.41) is 3.15. The minimum Gasteiger partial charge on any atom is -0.374 e. The van der Waals surface area contributed by atoms with E-state index in [9.17, 15) is 4.39 Å². The van der Waals surface area contributed by atoms with E-state index in [2.05, 4.69) is 17.1 Å². The number of benzene rings is 1. The zero-order valence-electron chi connectivity index (χ0n) is 11.7. The third-order valence-corrected chi connectivity index (χ3v) is 3.65. The lowest BCUT2D eigenvalue weighted by Crippen LogP contribution is -2.50. The van der Waals surface area contributed by atoms with Crippen molar-refractivity contribution in [2.75, 3.05) is 33.3 Å². The number of morpholine rings is 1. The van der Waals surface area contributed by atoms with E-state index in [1.807, 2.05) is 13.1 Å². The van der Waals surface area contributed by atoms with E-state index in [1.165, 1.54) is 6.07 Å². The number of likely N-dealkylation sites (N-methyl/N-ethyl adjacent to an activating group) is 1. The first-order chi connectivity index (χ1) is 9.19. The zero-order chi connectivity index (χ0) is 13.7. The SMILES string of the molecule is CNCC1CN(C(C)Cc2cccc(F)c2)CCO1. The molecular formula is C15H23FN2O. The summed E-state index contributed by atoms with van der Waals surface area (Å²) in [7, 11) is 1.94. The van der Waals surface area contributed by atoms with Crippen molar-refractivity contribution in [1.82, 2.24) is 10.2 Å². The second-order valence-corrected chi connectivity index (χ2v) is 5.23. The zero-order valence-corrected chi connectivity index (χ0v) is 11.7. The van der Waals surface area contributed by atoms with E-state index in [1.54, 1.807) is 12.1 Å². The van der Waals surface area contributed by atoms with Crippen molar-refractivity contribution < 1.29 is 9.13 Å². The Morgan fingerprint density at radius 1 is 1.53 bits per heavy atom. The molecular weight excluding hydrogens is 243 g/mol. The summed E-state index contributed by atoms with van der Waals surface area (Å²) < 4.78 is 18.9. The van der Waals surface area contributed by atoms with Gasteiger partial charge >= 0.3 is 0 Å². The molecule has 1 aromatic rings. The lowest BCUT2D eigenvalue weighted by Gasteiger charge is -2.37. The average molecular weight is 266 g/mol. The number of hydrogen-bond donors (Lipinski definition) is 1. The topological polar surface area (TPSA) is 24.5 Å². The third-order valence-electron chi connectivity index (χ3n) is 3.65. The maximum atomic E-state index is 13.2. The molecule has 1 fully saturated rings. The fourth-order valence-corrected chi connectivity index (χ4v) is 2.63. The number of hydrogen-bond acceptors (Lipinski definition) is 3. The molecule has 106 valence electrons. The molecule has 0 bridgehead atoms. The first kappa shape index (κ1) is 14.4. The lowest BCUT2D eigenvalue weighted by atomic mass is 10.0. The predicted molar refractivity (Wildman–Crippen MR) is 74.8 cm³/mol. The van der Waals surface area contributed by atoms with Gasteiger partial charge in [0, 0.05) is 25.7 Å². The van der Waals surface area contributed by atoms with Crippen LogP contribution in [0.1, 0.15) is 12.5 Å². The molecule has 1 aliphatic rings. The summed E-state index contributed by atoms with van der Waals surface area (Å²) in [6.07, 6.45) is 1.14. The molecule has 0 saturated carbocycles. The summed E-state index contributed by atoms with van der Waals surface area (Å²) in [5.74, 6) is -0.153. The monoisotopic (exact) mass is 266 g/mol. The van der Waals surface area contributed by atoms with Gasteiger partial charge in [-0.25, -0.2) is 4.39 Å². The molecule has 1 aliphatic heterocycles. The second-order valence-electron chi connectivity index (χ2n) is 5.23. The van der Waals surface area contributed by atoms with Crippen LogP contribution in [0.3, 0.4) is 0 Å². The van der Waals surface area contributed by atoms with Gasteiger partial charge in [-0.05, 0) is 38.1 Å². The maximum Gasteiger partial charge on any atom is 0.123 e. The molecule has 1 aromatic carbocycles. The molecule has 0 aromatic heterocycles. The minimum absolute atomic E-state index is 0.153. The Kier molecular flexibility index (Phi) is 5.31. The van der Waals surface area contributed by atoms with Crippen molar-refractivity contribution in [1.29, 1.82) is 0 Å². The number of rotatable bonds is 5.